The molecule has 9 nitrogen and oxygen atoms in total. The summed E-state index contributed by atoms with van der Waals surface area (Å²) in [6.07, 6.45) is 2.16. The second-order valence-electron chi connectivity index (χ2n) is 11.2. The van der Waals surface area contributed by atoms with Crippen molar-refractivity contribution in [2.24, 2.45) is 17.8 Å². The van der Waals surface area contributed by atoms with E-state index >= 15 is 0 Å². The van der Waals surface area contributed by atoms with Crippen LogP contribution >= 0.6 is 15.9 Å². The van der Waals surface area contributed by atoms with Crippen LogP contribution in [0.1, 0.15) is 47.5 Å². The van der Waals surface area contributed by atoms with Gasteiger partial charge in [0.2, 0.25) is 5.91 Å². The van der Waals surface area contributed by atoms with Crippen molar-refractivity contribution in [1.82, 2.24) is 4.90 Å². The Labute approximate surface area is 252 Å². The highest BCUT2D eigenvalue weighted by Gasteiger charge is 2.77. The van der Waals surface area contributed by atoms with Crippen molar-refractivity contribution in [3.8, 4) is 0 Å². The summed E-state index contributed by atoms with van der Waals surface area (Å²) in [5, 5.41) is 10.6. The van der Waals surface area contributed by atoms with Gasteiger partial charge in [-0.25, -0.2) is 0 Å². The van der Waals surface area contributed by atoms with E-state index in [0.717, 1.165) is 18.8 Å². The molecular weight excluding hydrogens is 590 g/mol. The molecule has 1 aromatic rings. The number of hydrogen-bond donors (Lipinski definition) is 1. The van der Waals surface area contributed by atoms with Crippen molar-refractivity contribution in [2.75, 3.05) is 42.6 Å². The molecule has 1 aromatic carbocycles. The Morgan fingerprint density at radius 2 is 1.85 bits per heavy atom. The third-order valence-electron chi connectivity index (χ3n) is 9.23. The van der Waals surface area contributed by atoms with E-state index in [1.807, 2.05) is 38.1 Å². The molecule has 3 saturated heterocycles. The van der Waals surface area contributed by atoms with Crippen LogP contribution in [0.15, 0.2) is 36.9 Å². The number of carbonyl (C=O) groups excluding carboxylic acids is 3. The lowest BCUT2D eigenvalue weighted by molar-refractivity contribution is -0.155. The average molecular weight is 635 g/mol. The summed E-state index contributed by atoms with van der Waals surface area (Å²) in [6.45, 7) is 15.6. The molecule has 3 aliphatic heterocycles. The maximum absolute atomic E-state index is 14.8. The van der Waals surface area contributed by atoms with Crippen LogP contribution in [0.3, 0.4) is 0 Å². The molecule has 3 heterocycles. The lowest BCUT2D eigenvalue weighted by Gasteiger charge is -2.41. The number of esters is 1. The van der Waals surface area contributed by atoms with Gasteiger partial charge in [-0.1, -0.05) is 42.3 Å². The molecule has 0 aromatic heterocycles. The van der Waals surface area contributed by atoms with Crippen LogP contribution in [0.4, 0.5) is 11.4 Å². The van der Waals surface area contributed by atoms with E-state index in [0.29, 0.717) is 18.5 Å². The minimum Gasteiger partial charge on any atom is -0.466 e. The van der Waals surface area contributed by atoms with Gasteiger partial charge in [-0.2, -0.15) is 0 Å². The van der Waals surface area contributed by atoms with Crippen molar-refractivity contribution < 1.29 is 29.0 Å². The Kier molecular flexibility index (Phi) is 9.86. The van der Waals surface area contributed by atoms with Gasteiger partial charge in [0.1, 0.15) is 11.6 Å². The van der Waals surface area contributed by atoms with Crippen LogP contribution in [-0.2, 0) is 23.9 Å². The van der Waals surface area contributed by atoms with Gasteiger partial charge in [0.15, 0.2) is 0 Å². The van der Waals surface area contributed by atoms with Crippen LogP contribution in [0.2, 0.25) is 0 Å². The summed E-state index contributed by atoms with van der Waals surface area (Å²) in [5.41, 5.74) is 0.494. The highest BCUT2D eigenvalue weighted by molar-refractivity contribution is 9.09. The van der Waals surface area contributed by atoms with Crippen LogP contribution in [0, 0.1) is 17.8 Å². The lowest BCUT2D eigenvalue weighted by atomic mass is 9.70. The number of ether oxygens (including phenoxy) is 2. The fourth-order valence-electron chi connectivity index (χ4n) is 7.06. The Morgan fingerprint density at radius 3 is 2.39 bits per heavy atom. The number of aliphatic hydroxyl groups excluding tert-OH is 1. The molecular formula is C31H44BrN3O6. The van der Waals surface area contributed by atoms with Crippen molar-refractivity contribution >= 4 is 45.1 Å². The molecule has 8 atom stereocenters. The number of nitrogens with zero attached hydrogens (tertiary/aromatic N) is 3. The topological polar surface area (TPSA) is 99.6 Å². The van der Waals surface area contributed by atoms with Crippen molar-refractivity contribution in [2.45, 2.75) is 76.1 Å². The van der Waals surface area contributed by atoms with E-state index in [4.69, 9.17) is 9.47 Å². The predicted octanol–water partition coefficient (Wildman–Crippen LogP) is 3.77. The zero-order valence-corrected chi connectivity index (χ0v) is 26.4. The molecule has 2 bridgehead atoms. The van der Waals surface area contributed by atoms with E-state index in [1.54, 1.807) is 17.9 Å². The molecule has 2 amide bonds. The zero-order valence-electron chi connectivity index (χ0n) is 24.8. The number of fused-ring (bicyclic) bond motifs is 1. The first kappa shape index (κ1) is 31.5. The maximum atomic E-state index is 14.8. The molecule has 226 valence electrons. The lowest BCUT2D eigenvalue weighted by Crippen LogP contribution is -2.60. The van der Waals surface area contributed by atoms with Crippen molar-refractivity contribution in [1.29, 1.82) is 0 Å². The van der Waals surface area contributed by atoms with Gasteiger partial charge in [0.25, 0.3) is 5.91 Å². The maximum Gasteiger partial charge on any atom is 0.312 e. The Hall–Kier alpha value is -2.43. The number of rotatable bonds is 13. The first-order valence-corrected chi connectivity index (χ1v) is 15.8. The van der Waals surface area contributed by atoms with Gasteiger partial charge < -0.3 is 29.3 Å². The van der Waals surface area contributed by atoms with E-state index in [2.05, 4.69) is 41.3 Å². The Bertz CT molecular complexity index is 1130. The van der Waals surface area contributed by atoms with Crippen molar-refractivity contribution in [3.05, 3.63) is 36.9 Å². The number of amides is 2. The van der Waals surface area contributed by atoms with Crippen LogP contribution in [0.25, 0.3) is 0 Å². The molecule has 1 spiro atoms. The molecule has 0 aliphatic carbocycles. The largest absolute Gasteiger partial charge is 0.466 e. The summed E-state index contributed by atoms with van der Waals surface area (Å²) in [6, 6.07) is 6.15. The average Bonchev–Trinajstić information content (AvgIpc) is 3.56. The minimum atomic E-state index is -1.23. The Morgan fingerprint density at radius 1 is 1.22 bits per heavy atom. The normalized spacial score (nSPS) is 29.7. The first-order chi connectivity index (χ1) is 19.6. The predicted molar refractivity (Wildman–Crippen MR) is 162 cm³/mol. The molecule has 0 saturated carbocycles. The number of benzene rings is 1. The second-order valence-corrected chi connectivity index (χ2v) is 12.4. The fraction of sp³-hybridized carbons (Fsp3) is 0.645. The summed E-state index contributed by atoms with van der Waals surface area (Å²) in [7, 11) is 0. The number of alkyl halides is 1. The summed E-state index contributed by atoms with van der Waals surface area (Å²) < 4.78 is 12.0. The van der Waals surface area contributed by atoms with E-state index in [9.17, 15) is 19.5 Å². The minimum absolute atomic E-state index is 0.0892. The highest BCUT2D eigenvalue weighted by atomic mass is 79.9. The number of halogens is 1. The smallest absolute Gasteiger partial charge is 0.312 e. The van der Waals surface area contributed by atoms with Crippen LogP contribution in [0.5, 0.6) is 0 Å². The number of likely N-dealkylation sites (tertiary alicyclic amines) is 1. The SMILES string of the molecule is C=CCN(C(=O)C1N([C@@H](CO)[C@@H](C)CC)C(=O)[C@@H]2[C@@H](C(=O)OCC)[C@@H]3OC12CC3Br)c1ccc(N(CC)CC)cc1. The highest BCUT2D eigenvalue weighted by Crippen LogP contribution is 2.61. The van der Waals surface area contributed by atoms with Gasteiger partial charge in [-0.15, -0.1) is 6.58 Å². The van der Waals surface area contributed by atoms with Gasteiger partial charge in [-0.3, -0.25) is 14.4 Å². The third-order valence-corrected chi connectivity index (χ3v) is 10.1. The number of hydrogen-bond acceptors (Lipinski definition) is 7. The number of aliphatic hydroxyl groups is 1. The summed E-state index contributed by atoms with van der Waals surface area (Å²) >= 11 is 3.69. The standard InChI is InChI=1S/C31H44BrN3O6/c1-7-16-34(21-14-12-20(13-15-21)33(9-3)10-4)29(38)27-31-17-22(32)26(41-31)24(30(39)40-11-5)25(31)28(37)35(27)23(18-36)19(6)8-2/h7,12-15,19,22-27,36H,1,8-11,16-18H2,2-6H3/t19-,22?,23-,24+,25-,26+,27?,31?/m0/s1. The molecule has 41 heavy (non-hydrogen) atoms. The van der Waals surface area contributed by atoms with Crippen LogP contribution in [-0.4, -0.2) is 89.3 Å². The van der Waals surface area contributed by atoms with Crippen molar-refractivity contribution in [3.63, 3.8) is 0 Å². The fourth-order valence-corrected chi connectivity index (χ4v) is 8.00. The third kappa shape index (κ3) is 5.20. The zero-order chi connectivity index (χ0) is 30.1. The molecule has 3 fully saturated rings. The number of anilines is 2. The molecule has 4 rings (SSSR count). The first-order valence-electron chi connectivity index (χ1n) is 14.8. The van der Waals surface area contributed by atoms with Crippen LogP contribution < -0.4 is 9.80 Å². The van der Waals surface area contributed by atoms with E-state index < -0.39 is 41.6 Å². The van der Waals surface area contributed by atoms with E-state index in [1.165, 1.54) is 4.90 Å². The molecule has 1 N–H and O–H groups in total. The van der Waals surface area contributed by atoms with Gasteiger partial charge >= 0.3 is 5.97 Å². The summed E-state index contributed by atoms with van der Waals surface area (Å²) in [4.78, 5) is 47.5. The van der Waals surface area contributed by atoms with Gasteiger partial charge in [0.05, 0.1) is 37.2 Å². The monoisotopic (exact) mass is 633 g/mol. The Balaban J connectivity index is 1.82. The quantitative estimate of drug-likeness (QED) is 0.201. The molecule has 3 unspecified atom stereocenters. The van der Waals surface area contributed by atoms with Gasteiger partial charge in [0, 0.05) is 35.8 Å². The molecule has 3 aliphatic rings. The second kappa shape index (κ2) is 12.8. The molecule has 0 radical (unpaired) electrons. The molecule has 10 heteroatoms. The van der Waals surface area contributed by atoms with Gasteiger partial charge in [-0.05, 0) is 57.4 Å². The van der Waals surface area contributed by atoms with E-state index in [-0.39, 0.29) is 42.3 Å². The number of carbonyl (C=O) groups is 3. The summed E-state index contributed by atoms with van der Waals surface area (Å²) in [5.74, 6) is -2.94.